The van der Waals surface area contributed by atoms with Crippen LogP contribution in [0.3, 0.4) is 0 Å². The summed E-state index contributed by atoms with van der Waals surface area (Å²) in [6.07, 6.45) is 1.15. The summed E-state index contributed by atoms with van der Waals surface area (Å²) in [4.78, 5) is 0. The lowest BCUT2D eigenvalue weighted by atomic mass is 10.2. The van der Waals surface area contributed by atoms with Gasteiger partial charge in [-0.25, -0.2) is 0 Å². The van der Waals surface area contributed by atoms with Gasteiger partial charge in [-0.05, 0) is 31.2 Å². The van der Waals surface area contributed by atoms with Gasteiger partial charge >= 0.3 is 0 Å². The molecule has 1 aromatic rings. The van der Waals surface area contributed by atoms with Crippen LogP contribution in [0.25, 0.3) is 0 Å². The summed E-state index contributed by atoms with van der Waals surface area (Å²) in [6, 6.07) is 10.3. The number of nitrogens with zero attached hydrogens (tertiary/aromatic N) is 1. The molecule has 1 aromatic carbocycles. The van der Waals surface area contributed by atoms with Crippen LogP contribution in [0.15, 0.2) is 24.3 Å². The van der Waals surface area contributed by atoms with Gasteiger partial charge in [-0.2, -0.15) is 5.26 Å². The number of benzene rings is 1. The molecular formula is C11H13N3. The fraction of sp³-hybridized carbons (Fsp3) is 0.364. The second-order valence-electron chi connectivity index (χ2n) is 3.53. The monoisotopic (exact) mass is 187 g/mol. The molecule has 3 nitrogen and oxygen atoms in total. The minimum absolute atomic E-state index is 0.504. The highest BCUT2D eigenvalue weighted by Gasteiger charge is 2.13. The third-order valence-electron chi connectivity index (χ3n) is 2.42. The van der Waals surface area contributed by atoms with Gasteiger partial charge in [0.15, 0.2) is 0 Å². The lowest BCUT2D eigenvalue weighted by Crippen LogP contribution is -2.21. The van der Waals surface area contributed by atoms with Crippen molar-refractivity contribution in [1.29, 1.82) is 5.26 Å². The number of hydrogen-bond donors (Lipinski definition) is 2. The molecule has 0 spiro atoms. The molecule has 0 bridgehead atoms. The lowest BCUT2D eigenvalue weighted by molar-refractivity contribution is 0.793. The Morgan fingerprint density at radius 1 is 1.50 bits per heavy atom. The molecule has 0 aliphatic carbocycles. The summed E-state index contributed by atoms with van der Waals surface area (Å²) in [5.74, 6) is 0. The Hall–Kier alpha value is -1.53. The molecule has 2 N–H and O–H groups in total. The summed E-state index contributed by atoms with van der Waals surface area (Å²) in [5, 5.41) is 15.4. The number of anilines is 1. The van der Waals surface area contributed by atoms with Crippen molar-refractivity contribution in [1.82, 2.24) is 5.32 Å². The van der Waals surface area contributed by atoms with Gasteiger partial charge in [0.05, 0.1) is 11.6 Å². The average molecular weight is 187 g/mol. The van der Waals surface area contributed by atoms with E-state index in [0.717, 1.165) is 25.2 Å². The van der Waals surface area contributed by atoms with Crippen LogP contribution < -0.4 is 10.6 Å². The normalized spacial score (nSPS) is 20.4. The molecule has 1 aliphatic rings. The van der Waals surface area contributed by atoms with E-state index in [-0.39, 0.29) is 0 Å². The van der Waals surface area contributed by atoms with Crippen LogP contribution >= 0.6 is 0 Å². The van der Waals surface area contributed by atoms with Crippen molar-refractivity contribution in [3.63, 3.8) is 0 Å². The maximum Gasteiger partial charge on any atom is 0.0992 e. The second kappa shape index (κ2) is 4.12. The SMILES string of the molecule is N#Cc1cccc(NC2CCNC2)c1. The summed E-state index contributed by atoms with van der Waals surface area (Å²) < 4.78 is 0. The van der Waals surface area contributed by atoms with Crippen LogP contribution in [-0.4, -0.2) is 19.1 Å². The minimum Gasteiger partial charge on any atom is -0.381 e. The topological polar surface area (TPSA) is 47.9 Å². The highest BCUT2D eigenvalue weighted by molar-refractivity contribution is 5.49. The van der Waals surface area contributed by atoms with Gasteiger partial charge in [-0.3, -0.25) is 0 Å². The maximum atomic E-state index is 8.73. The standard InChI is InChI=1S/C11H13N3/c12-7-9-2-1-3-10(6-9)14-11-4-5-13-8-11/h1-3,6,11,13-14H,4-5,8H2. The van der Waals surface area contributed by atoms with Gasteiger partial charge in [-0.15, -0.1) is 0 Å². The van der Waals surface area contributed by atoms with E-state index in [2.05, 4.69) is 16.7 Å². The number of hydrogen-bond acceptors (Lipinski definition) is 3. The number of rotatable bonds is 2. The minimum atomic E-state index is 0.504. The zero-order valence-electron chi connectivity index (χ0n) is 7.96. The van der Waals surface area contributed by atoms with E-state index >= 15 is 0 Å². The Morgan fingerprint density at radius 2 is 2.43 bits per heavy atom. The molecule has 14 heavy (non-hydrogen) atoms. The van der Waals surface area contributed by atoms with Crippen molar-refractivity contribution in [3.05, 3.63) is 29.8 Å². The smallest absolute Gasteiger partial charge is 0.0992 e. The second-order valence-corrected chi connectivity index (χ2v) is 3.53. The molecule has 1 atom stereocenters. The largest absolute Gasteiger partial charge is 0.381 e. The molecule has 72 valence electrons. The molecule has 2 rings (SSSR count). The predicted molar refractivity (Wildman–Crippen MR) is 56.1 cm³/mol. The summed E-state index contributed by atoms with van der Waals surface area (Å²) in [6.45, 7) is 2.09. The van der Waals surface area contributed by atoms with Crippen LogP contribution in [0, 0.1) is 11.3 Å². The molecule has 1 saturated heterocycles. The van der Waals surface area contributed by atoms with Crippen molar-refractivity contribution >= 4 is 5.69 Å². The average Bonchev–Trinajstić information content (AvgIpc) is 2.71. The molecular weight excluding hydrogens is 174 g/mol. The first-order valence-corrected chi connectivity index (χ1v) is 4.86. The van der Waals surface area contributed by atoms with E-state index < -0.39 is 0 Å². The zero-order valence-corrected chi connectivity index (χ0v) is 7.96. The first kappa shape index (κ1) is 9.04. The van der Waals surface area contributed by atoms with Crippen molar-refractivity contribution < 1.29 is 0 Å². The Kier molecular flexibility index (Phi) is 2.66. The van der Waals surface area contributed by atoms with Crippen molar-refractivity contribution in [2.24, 2.45) is 0 Å². The van der Waals surface area contributed by atoms with E-state index in [4.69, 9.17) is 5.26 Å². The van der Waals surface area contributed by atoms with E-state index in [0.29, 0.717) is 11.6 Å². The fourth-order valence-electron chi connectivity index (χ4n) is 1.69. The van der Waals surface area contributed by atoms with E-state index in [1.165, 1.54) is 0 Å². The highest BCUT2D eigenvalue weighted by Crippen LogP contribution is 2.13. The van der Waals surface area contributed by atoms with Gasteiger partial charge in [0, 0.05) is 18.3 Å². The van der Waals surface area contributed by atoms with Gasteiger partial charge in [-0.1, -0.05) is 6.07 Å². The first-order chi connectivity index (χ1) is 6.88. The van der Waals surface area contributed by atoms with Gasteiger partial charge in [0.1, 0.15) is 0 Å². The molecule has 1 fully saturated rings. The van der Waals surface area contributed by atoms with Crippen LogP contribution in [0.5, 0.6) is 0 Å². The quantitative estimate of drug-likeness (QED) is 0.734. The summed E-state index contributed by atoms with van der Waals surface area (Å²) in [5.41, 5.74) is 1.75. The molecule has 3 heteroatoms. The molecule has 0 aromatic heterocycles. The Balaban J connectivity index is 2.05. The molecule has 0 amide bonds. The summed E-state index contributed by atoms with van der Waals surface area (Å²) in [7, 11) is 0. The van der Waals surface area contributed by atoms with Crippen molar-refractivity contribution in [2.75, 3.05) is 18.4 Å². The number of nitrogens with one attached hydrogen (secondary N) is 2. The third kappa shape index (κ3) is 2.04. The Morgan fingerprint density at radius 3 is 3.14 bits per heavy atom. The van der Waals surface area contributed by atoms with Crippen molar-refractivity contribution in [2.45, 2.75) is 12.5 Å². The van der Waals surface area contributed by atoms with E-state index in [1.807, 2.05) is 24.3 Å². The highest BCUT2D eigenvalue weighted by atomic mass is 15.0. The first-order valence-electron chi connectivity index (χ1n) is 4.86. The van der Waals surface area contributed by atoms with Crippen LogP contribution in [0.2, 0.25) is 0 Å². The molecule has 1 aliphatic heterocycles. The Bertz CT molecular complexity index is 348. The van der Waals surface area contributed by atoms with Gasteiger partial charge in [0.2, 0.25) is 0 Å². The van der Waals surface area contributed by atoms with Crippen LogP contribution in [0.1, 0.15) is 12.0 Å². The molecule has 1 unspecified atom stereocenters. The van der Waals surface area contributed by atoms with Crippen LogP contribution in [-0.2, 0) is 0 Å². The van der Waals surface area contributed by atoms with Crippen LogP contribution in [0.4, 0.5) is 5.69 Å². The van der Waals surface area contributed by atoms with Crippen molar-refractivity contribution in [3.8, 4) is 6.07 Å². The molecule has 1 heterocycles. The summed E-state index contributed by atoms with van der Waals surface area (Å²) >= 11 is 0. The third-order valence-corrected chi connectivity index (χ3v) is 2.42. The number of nitriles is 1. The predicted octanol–water partition coefficient (Wildman–Crippen LogP) is 1.33. The fourth-order valence-corrected chi connectivity index (χ4v) is 1.69. The Labute approximate surface area is 83.7 Å². The molecule has 0 saturated carbocycles. The van der Waals surface area contributed by atoms with Gasteiger partial charge < -0.3 is 10.6 Å². The lowest BCUT2D eigenvalue weighted by Gasteiger charge is -2.12. The molecule has 0 radical (unpaired) electrons. The van der Waals surface area contributed by atoms with Gasteiger partial charge in [0.25, 0.3) is 0 Å². The zero-order chi connectivity index (χ0) is 9.80. The van der Waals surface area contributed by atoms with E-state index in [9.17, 15) is 0 Å². The maximum absolute atomic E-state index is 8.73. The van der Waals surface area contributed by atoms with E-state index in [1.54, 1.807) is 0 Å².